The summed E-state index contributed by atoms with van der Waals surface area (Å²) in [6.45, 7) is 1.61. The van der Waals surface area contributed by atoms with Crippen LogP contribution in [0.1, 0.15) is 45.4 Å². The van der Waals surface area contributed by atoms with Gasteiger partial charge in [0, 0.05) is 22.3 Å². The first kappa shape index (κ1) is 14.0. The smallest absolute Gasteiger partial charge is 0.307 e. The van der Waals surface area contributed by atoms with Gasteiger partial charge in [0.2, 0.25) is 0 Å². The minimum absolute atomic E-state index is 0.0740. The molecule has 1 heterocycles. The van der Waals surface area contributed by atoms with Crippen molar-refractivity contribution in [3.05, 3.63) is 0 Å². The van der Waals surface area contributed by atoms with Gasteiger partial charge in [0.1, 0.15) is 0 Å². The van der Waals surface area contributed by atoms with Crippen molar-refractivity contribution in [2.24, 2.45) is 5.92 Å². The molecule has 3 unspecified atom stereocenters. The molecule has 18 heavy (non-hydrogen) atoms. The van der Waals surface area contributed by atoms with Crippen LogP contribution in [0.25, 0.3) is 0 Å². The van der Waals surface area contributed by atoms with E-state index in [2.05, 4.69) is 0 Å². The number of hydrogen-bond acceptors (Lipinski definition) is 3. The summed E-state index contributed by atoms with van der Waals surface area (Å²) < 4.78 is 18.0. The van der Waals surface area contributed by atoms with E-state index in [4.69, 9.17) is 9.84 Å². The lowest BCUT2D eigenvalue weighted by molar-refractivity contribution is -0.140. The minimum atomic E-state index is -1.08. The molecule has 2 aliphatic rings. The maximum Gasteiger partial charge on any atom is 0.307 e. The number of ether oxygens (including phenoxy) is 1. The van der Waals surface area contributed by atoms with Crippen LogP contribution >= 0.6 is 0 Å². The Kier molecular flexibility index (Phi) is 4.43. The summed E-state index contributed by atoms with van der Waals surface area (Å²) in [5, 5.41) is 8.79. The summed E-state index contributed by atoms with van der Waals surface area (Å²) in [7, 11) is -1.08. The van der Waals surface area contributed by atoms with Gasteiger partial charge in [-0.1, -0.05) is 19.8 Å². The number of carbonyl (C=O) groups is 1. The average Bonchev–Trinajstić information content (AvgIpc) is 2.90. The quantitative estimate of drug-likeness (QED) is 0.832. The van der Waals surface area contributed by atoms with Gasteiger partial charge in [-0.15, -0.1) is 0 Å². The zero-order chi connectivity index (χ0) is 13.2. The van der Waals surface area contributed by atoms with Gasteiger partial charge in [-0.25, -0.2) is 0 Å². The molecule has 104 valence electrons. The molecule has 1 saturated heterocycles. The van der Waals surface area contributed by atoms with Crippen molar-refractivity contribution in [2.75, 3.05) is 11.5 Å². The molecular formula is C13H22O4S. The summed E-state index contributed by atoms with van der Waals surface area (Å²) in [6.07, 6.45) is 6.90. The van der Waals surface area contributed by atoms with E-state index in [-0.39, 0.29) is 17.5 Å². The highest BCUT2D eigenvalue weighted by molar-refractivity contribution is 7.85. The van der Waals surface area contributed by atoms with E-state index < -0.39 is 22.7 Å². The highest BCUT2D eigenvalue weighted by Gasteiger charge is 2.42. The molecule has 0 amide bonds. The summed E-state index contributed by atoms with van der Waals surface area (Å²) in [6, 6.07) is 0. The van der Waals surface area contributed by atoms with Crippen molar-refractivity contribution in [3.8, 4) is 0 Å². The van der Waals surface area contributed by atoms with Crippen LogP contribution in [0.2, 0.25) is 0 Å². The summed E-state index contributed by atoms with van der Waals surface area (Å²) >= 11 is 0. The van der Waals surface area contributed by atoms with Gasteiger partial charge < -0.3 is 9.84 Å². The van der Waals surface area contributed by atoms with Gasteiger partial charge in [0.05, 0.1) is 17.6 Å². The molecule has 2 rings (SSSR count). The van der Waals surface area contributed by atoms with Gasteiger partial charge in [-0.3, -0.25) is 9.00 Å². The molecule has 0 radical (unpaired) electrons. The third-order valence-electron chi connectivity index (χ3n) is 4.08. The first-order valence-corrected chi connectivity index (χ1v) is 8.25. The summed E-state index contributed by atoms with van der Waals surface area (Å²) in [5.74, 6) is -0.669. The van der Waals surface area contributed by atoms with Crippen molar-refractivity contribution >= 4 is 16.8 Å². The highest BCUT2D eigenvalue weighted by Crippen LogP contribution is 2.43. The van der Waals surface area contributed by atoms with E-state index >= 15 is 0 Å². The van der Waals surface area contributed by atoms with Crippen molar-refractivity contribution < 1.29 is 18.8 Å². The Morgan fingerprint density at radius 2 is 2.11 bits per heavy atom. The SMILES string of the molecule is CC(CS(=O)CC1CCC2(CCCC2)O1)C(=O)O. The zero-order valence-electron chi connectivity index (χ0n) is 10.9. The third-order valence-corrected chi connectivity index (χ3v) is 5.70. The largest absolute Gasteiger partial charge is 0.481 e. The Morgan fingerprint density at radius 1 is 1.44 bits per heavy atom. The lowest BCUT2D eigenvalue weighted by Crippen LogP contribution is -2.28. The van der Waals surface area contributed by atoms with Crippen LogP contribution in [0.5, 0.6) is 0 Å². The van der Waals surface area contributed by atoms with Crippen LogP contribution in [0, 0.1) is 5.92 Å². The summed E-state index contributed by atoms with van der Waals surface area (Å²) in [4.78, 5) is 10.7. The molecular weight excluding hydrogens is 252 g/mol. The van der Waals surface area contributed by atoms with Crippen molar-refractivity contribution in [1.82, 2.24) is 0 Å². The Balaban J connectivity index is 1.77. The number of carboxylic acids is 1. The number of hydrogen-bond donors (Lipinski definition) is 1. The molecule has 1 saturated carbocycles. The second kappa shape index (κ2) is 5.70. The molecule has 0 aromatic carbocycles. The Hall–Kier alpha value is -0.420. The normalized spacial score (nSPS) is 29.5. The first-order valence-electron chi connectivity index (χ1n) is 6.76. The maximum absolute atomic E-state index is 11.9. The molecule has 5 heteroatoms. The van der Waals surface area contributed by atoms with Crippen molar-refractivity contribution in [3.63, 3.8) is 0 Å². The molecule has 0 aromatic rings. The number of rotatable bonds is 5. The van der Waals surface area contributed by atoms with Gasteiger partial charge >= 0.3 is 5.97 Å². The fourth-order valence-electron chi connectivity index (χ4n) is 3.03. The maximum atomic E-state index is 11.9. The third kappa shape index (κ3) is 3.32. The highest BCUT2D eigenvalue weighted by atomic mass is 32.2. The van der Waals surface area contributed by atoms with E-state index in [1.165, 1.54) is 12.8 Å². The molecule has 1 aliphatic carbocycles. The van der Waals surface area contributed by atoms with Gasteiger partial charge in [0.15, 0.2) is 0 Å². The van der Waals surface area contributed by atoms with Gasteiger partial charge in [-0.2, -0.15) is 0 Å². The molecule has 0 bridgehead atoms. The molecule has 0 aromatic heterocycles. The van der Waals surface area contributed by atoms with E-state index in [1.54, 1.807) is 6.92 Å². The number of carboxylic acid groups (broad SMARTS) is 1. The van der Waals surface area contributed by atoms with Crippen LogP contribution in [0.15, 0.2) is 0 Å². The first-order chi connectivity index (χ1) is 8.51. The monoisotopic (exact) mass is 274 g/mol. The predicted molar refractivity (Wildman–Crippen MR) is 70.0 cm³/mol. The van der Waals surface area contributed by atoms with E-state index in [0.717, 1.165) is 25.7 Å². The van der Waals surface area contributed by atoms with Crippen LogP contribution in [-0.4, -0.2) is 38.5 Å². The average molecular weight is 274 g/mol. The molecule has 1 spiro atoms. The Bertz CT molecular complexity index is 336. The van der Waals surface area contributed by atoms with Crippen LogP contribution < -0.4 is 0 Å². The Labute approximate surface area is 111 Å². The lowest BCUT2D eigenvalue weighted by atomic mass is 9.98. The van der Waals surface area contributed by atoms with Crippen molar-refractivity contribution in [1.29, 1.82) is 0 Å². The number of aliphatic carboxylic acids is 1. The van der Waals surface area contributed by atoms with Crippen molar-refractivity contribution in [2.45, 2.75) is 57.2 Å². The second-order valence-electron chi connectivity index (χ2n) is 5.68. The van der Waals surface area contributed by atoms with Gasteiger partial charge in [-0.05, 0) is 25.7 Å². The van der Waals surface area contributed by atoms with E-state index in [0.29, 0.717) is 5.75 Å². The predicted octanol–water partition coefficient (Wildman–Crippen LogP) is 1.95. The fraction of sp³-hybridized carbons (Fsp3) is 0.923. The fourth-order valence-corrected chi connectivity index (χ4v) is 4.51. The van der Waals surface area contributed by atoms with Crippen LogP contribution in [-0.2, 0) is 20.3 Å². The second-order valence-corrected chi connectivity index (χ2v) is 7.23. The van der Waals surface area contributed by atoms with E-state index in [1.807, 2.05) is 0 Å². The topological polar surface area (TPSA) is 63.6 Å². The van der Waals surface area contributed by atoms with E-state index in [9.17, 15) is 9.00 Å². The molecule has 3 atom stereocenters. The minimum Gasteiger partial charge on any atom is -0.481 e. The Morgan fingerprint density at radius 3 is 2.72 bits per heavy atom. The standard InChI is InChI=1S/C13H22O4S/c1-10(12(14)15)8-18(16)9-11-4-7-13(17-11)5-2-3-6-13/h10-11H,2-9H2,1H3,(H,14,15). The molecule has 2 fully saturated rings. The molecule has 1 N–H and O–H groups in total. The molecule has 4 nitrogen and oxygen atoms in total. The van der Waals surface area contributed by atoms with Crippen LogP contribution in [0.4, 0.5) is 0 Å². The van der Waals surface area contributed by atoms with Crippen LogP contribution in [0.3, 0.4) is 0 Å². The summed E-state index contributed by atoms with van der Waals surface area (Å²) in [5.41, 5.74) is 0.0767. The zero-order valence-corrected chi connectivity index (χ0v) is 11.7. The van der Waals surface area contributed by atoms with Gasteiger partial charge in [0.25, 0.3) is 0 Å². The molecule has 1 aliphatic heterocycles. The lowest BCUT2D eigenvalue weighted by Gasteiger charge is -2.23.